The van der Waals surface area contributed by atoms with Crippen LogP contribution in [-0.2, 0) is 41.6 Å². The molecular formula is C31H45N5O9S2. The Kier molecular flexibility index (Phi) is 16.5. The fraction of sp³-hybridized carbons (Fsp3) is 0.548. The first kappa shape index (κ1) is 39.3. The Bertz CT molecular complexity index is 1320. The maximum Gasteiger partial charge on any atom is 0.326 e. The van der Waals surface area contributed by atoms with Crippen molar-refractivity contribution in [1.82, 2.24) is 21.3 Å². The highest BCUT2D eigenvalue weighted by molar-refractivity contribution is 7.10. The van der Waals surface area contributed by atoms with Gasteiger partial charge in [-0.2, -0.15) is 0 Å². The molecule has 0 saturated carbocycles. The Morgan fingerprint density at radius 1 is 0.787 bits per heavy atom. The topological polar surface area (TPSA) is 237 Å². The number of carbonyl (C=O) groups is 6. The number of carbonyl (C=O) groups excluding carboxylic acids is 4. The van der Waals surface area contributed by atoms with Crippen LogP contribution >= 0.6 is 22.7 Å². The third kappa shape index (κ3) is 13.0. The Hall–Kier alpha value is -3.86. The van der Waals surface area contributed by atoms with E-state index in [1.165, 1.54) is 22.7 Å². The second-order valence-corrected chi connectivity index (χ2v) is 13.4. The lowest BCUT2D eigenvalue weighted by Crippen LogP contribution is -2.60. The number of nitrogens with one attached hydrogen (secondary N) is 4. The molecule has 260 valence electrons. The Morgan fingerprint density at radius 2 is 1.38 bits per heavy atom. The highest BCUT2D eigenvalue weighted by Crippen LogP contribution is 2.16. The minimum Gasteiger partial charge on any atom is -0.481 e. The molecule has 47 heavy (non-hydrogen) atoms. The summed E-state index contributed by atoms with van der Waals surface area (Å²) in [6.45, 7) is 5.30. The summed E-state index contributed by atoms with van der Waals surface area (Å²) in [6, 6.07) is 1.21. The molecule has 4 amide bonds. The number of amides is 4. The van der Waals surface area contributed by atoms with Crippen LogP contribution in [0.3, 0.4) is 0 Å². The Labute approximate surface area is 281 Å². The lowest BCUT2D eigenvalue weighted by atomic mass is 9.96. The van der Waals surface area contributed by atoms with E-state index in [0.717, 1.165) is 9.75 Å². The molecule has 0 unspecified atom stereocenters. The van der Waals surface area contributed by atoms with E-state index in [9.17, 15) is 39.0 Å². The van der Waals surface area contributed by atoms with Crippen LogP contribution in [0.25, 0.3) is 0 Å². The summed E-state index contributed by atoms with van der Waals surface area (Å²) in [5, 5.41) is 43.4. The van der Waals surface area contributed by atoms with Crippen LogP contribution in [0.5, 0.6) is 0 Å². The van der Waals surface area contributed by atoms with Crippen molar-refractivity contribution in [3.8, 4) is 0 Å². The van der Waals surface area contributed by atoms with Crippen molar-refractivity contribution in [3.05, 3.63) is 44.8 Å². The van der Waals surface area contributed by atoms with Gasteiger partial charge in [-0.1, -0.05) is 45.7 Å². The molecule has 0 saturated heterocycles. The van der Waals surface area contributed by atoms with Gasteiger partial charge in [0.15, 0.2) is 6.10 Å². The van der Waals surface area contributed by atoms with Gasteiger partial charge >= 0.3 is 11.9 Å². The van der Waals surface area contributed by atoms with Crippen LogP contribution in [0.1, 0.15) is 62.6 Å². The third-order valence-electron chi connectivity index (χ3n) is 7.59. The number of aliphatic hydroxyl groups is 1. The number of hydrogen-bond donors (Lipinski definition) is 8. The van der Waals surface area contributed by atoms with Gasteiger partial charge in [0.1, 0.15) is 18.1 Å². The minimum absolute atomic E-state index is 0.0446. The highest BCUT2D eigenvalue weighted by atomic mass is 32.1. The van der Waals surface area contributed by atoms with Crippen molar-refractivity contribution in [1.29, 1.82) is 0 Å². The van der Waals surface area contributed by atoms with Gasteiger partial charge < -0.3 is 42.3 Å². The standard InChI is InChI=1S/C31H45N5O9S2/c1-4-8-21(31(44)45)33-30(43)26(39)22(15-18-9-6-13-46-18)34-28(41)23(16-19-10-7-14-47-19)35-29(42)25(17(3)5-2)36-27(40)20(32)11-12-24(37)38/h6-7,9-10,13-14,17,20-23,25-26,39H,4-5,8,11-12,15-16,32H2,1-3H3,(H,33,43)(H,34,41)(H,35,42)(H,36,40)(H,37,38)(H,44,45)/t17-,20-,21-,22-,23-,25-,26+/m0/s1. The molecule has 16 heteroatoms. The highest BCUT2D eigenvalue weighted by Gasteiger charge is 2.35. The van der Waals surface area contributed by atoms with Gasteiger partial charge in [-0.25, -0.2) is 4.79 Å². The zero-order chi connectivity index (χ0) is 35.1. The zero-order valence-electron chi connectivity index (χ0n) is 26.6. The first-order valence-corrected chi connectivity index (χ1v) is 17.2. The number of carboxylic acid groups (broad SMARTS) is 2. The van der Waals surface area contributed by atoms with E-state index in [1.54, 1.807) is 48.9 Å². The number of rotatable bonds is 21. The van der Waals surface area contributed by atoms with Crippen LogP contribution in [-0.4, -0.2) is 87.2 Å². The SMILES string of the molecule is CCC[C@H](NC(=O)[C@H](O)[C@H](Cc1cccs1)NC(=O)[C@H](Cc1cccs1)NC(=O)[C@@H](NC(=O)[C@@H](N)CCC(=O)O)[C@@H](C)CC)C(=O)O. The van der Waals surface area contributed by atoms with E-state index in [2.05, 4.69) is 21.3 Å². The molecule has 0 aromatic carbocycles. The lowest BCUT2D eigenvalue weighted by Gasteiger charge is -2.29. The second-order valence-electron chi connectivity index (χ2n) is 11.3. The largest absolute Gasteiger partial charge is 0.481 e. The summed E-state index contributed by atoms with van der Waals surface area (Å²) in [6.07, 6.45) is -1.09. The average Bonchev–Trinajstić information content (AvgIpc) is 3.75. The van der Waals surface area contributed by atoms with Crippen LogP contribution in [0, 0.1) is 5.92 Å². The number of thiophene rings is 2. The smallest absolute Gasteiger partial charge is 0.326 e. The van der Waals surface area contributed by atoms with Crippen LogP contribution in [0.4, 0.5) is 0 Å². The van der Waals surface area contributed by atoms with E-state index in [0.29, 0.717) is 12.8 Å². The van der Waals surface area contributed by atoms with Crippen molar-refractivity contribution < 1.29 is 44.1 Å². The zero-order valence-corrected chi connectivity index (χ0v) is 28.3. The molecule has 2 rings (SSSR count). The van der Waals surface area contributed by atoms with E-state index in [-0.39, 0.29) is 32.1 Å². The summed E-state index contributed by atoms with van der Waals surface area (Å²) in [5.74, 6) is -5.82. The van der Waals surface area contributed by atoms with Crippen molar-refractivity contribution in [2.45, 2.75) is 102 Å². The molecule has 2 heterocycles. The number of aliphatic hydroxyl groups excluding tert-OH is 1. The molecule has 0 aliphatic rings. The van der Waals surface area contributed by atoms with Crippen LogP contribution < -0.4 is 27.0 Å². The molecule has 0 fully saturated rings. The maximum absolute atomic E-state index is 13.8. The van der Waals surface area contributed by atoms with E-state index < -0.39 is 77.8 Å². The van der Waals surface area contributed by atoms with Gasteiger partial charge in [0, 0.05) is 29.0 Å². The van der Waals surface area contributed by atoms with Crippen molar-refractivity contribution in [3.63, 3.8) is 0 Å². The Morgan fingerprint density at radius 3 is 1.89 bits per heavy atom. The maximum atomic E-state index is 13.8. The fourth-order valence-corrected chi connectivity index (χ4v) is 6.15. The third-order valence-corrected chi connectivity index (χ3v) is 9.39. The lowest BCUT2D eigenvalue weighted by molar-refractivity contribution is -0.144. The number of aliphatic carboxylic acids is 2. The van der Waals surface area contributed by atoms with E-state index in [4.69, 9.17) is 10.8 Å². The first-order chi connectivity index (χ1) is 22.3. The van der Waals surface area contributed by atoms with Crippen LogP contribution in [0.2, 0.25) is 0 Å². The predicted octanol–water partition coefficient (Wildman–Crippen LogP) is 1.02. The number of carboxylic acids is 2. The van der Waals surface area contributed by atoms with Crippen LogP contribution in [0.15, 0.2) is 35.0 Å². The van der Waals surface area contributed by atoms with Gasteiger partial charge in [0.05, 0.1) is 12.1 Å². The summed E-state index contributed by atoms with van der Waals surface area (Å²) in [5.41, 5.74) is 5.86. The molecule has 0 aliphatic carbocycles. The molecule has 0 radical (unpaired) electrons. The molecule has 14 nitrogen and oxygen atoms in total. The number of nitrogens with two attached hydrogens (primary N) is 1. The predicted molar refractivity (Wildman–Crippen MR) is 177 cm³/mol. The Balaban J connectivity index is 2.32. The monoisotopic (exact) mass is 695 g/mol. The average molecular weight is 696 g/mol. The van der Waals surface area contributed by atoms with Crippen molar-refractivity contribution >= 4 is 58.2 Å². The van der Waals surface area contributed by atoms with E-state index >= 15 is 0 Å². The quantitative estimate of drug-likeness (QED) is 0.0923. The molecule has 0 aliphatic heterocycles. The van der Waals surface area contributed by atoms with Gasteiger partial charge in [-0.3, -0.25) is 24.0 Å². The molecule has 0 bridgehead atoms. The van der Waals surface area contributed by atoms with Gasteiger partial charge in [0.25, 0.3) is 5.91 Å². The van der Waals surface area contributed by atoms with Crippen molar-refractivity contribution in [2.75, 3.05) is 0 Å². The fourth-order valence-electron chi connectivity index (χ4n) is 4.63. The minimum atomic E-state index is -1.82. The molecular weight excluding hydrogens is 651 g/mol. The number of hydrogen-bond acceptors (Lipinski definition) is 10. The van der Waals surface area contributed by atoms with E-state index in [1.807, 2.05) is 6.92 Å². The second kappa shape index (κ2) is 19.7. The summed E-state index contributed by atoms with van der Waals surface area (Å²) >= 11 is 2.69. The summed E-state index contributed by atoms with van der Waals surface area (Å²) in [7, 11) is 0. The molecule has 2 aromatic heterocycles. The van der Waals surface area contributed by atoms with Crippen molar-refractivity contribution in [2.24, 2.45) is 11.7 Å². The first-order valence-electron chi connectivity index (χ1n) is 15.4. The summed E-state index contributed by atoms with van der Waals surface area (Å²) in [4.78, 5) is 77.3. The molecule has 9 N–H and O–H groups in total. The normalized spacial score (nSPS) is 15.6. The van der Waals surface area contributed by atoms with Gasteiger partial charge in [-0.05, 0) is 41.7 Å². The van der Waals surface area contributed by atoms with Gasteiger partial charge in [0.2, 0.25) is 17.7 Å². The molecule has 7 atom stereocenters. The molecule has 0 spiro atoms. The van der Waals surface area contributed by atoms with Gasteiger partial charge in [-0.15, -0.1) is 22.7 Å². The summed E-state index contributed by atoms with van der Waals surface area (Å²) < 4.78 is 0. The molecule has 2 aromatic rings.